The second-order valence-corrected chi connectivity index (χ2v) is 4.03. The Morgan fingerprint density at radius 3 is 2.93 bits per heavy atom. The predicted octanol–water partition coefficient (Wildman–Crippen LogP) is -0.539. The fraction of sp³-hybridized carbons (Fsp3) is 0.800. The maximum Gasteiger partial charge on any atom is 0.237 e. The molecule has 3 N–H and O–H groups in total. The lowest BCUT2D eigenvalue weighted by Gasteiger charge is -2.30. The molecule has 1 fully saturated rings. The second kappa shape index (κ2) is 5.11. The van der Waals surface area contributed by atoms with Gasteiger partial charge >= 0.3 is 0 Å². The topological polar surface area (TPSA) is 75.4 Å². The highest BCUT2D eigenvalue weighted by atomic mass is 16.2. The number of likely N-dealkylation sites (tertiary alicyclic amines) is 1. The lowest BCUT2D eigenvalue weighted by atomic mass is 10.1. The van der Waals surface area contributed by atoms with E-state index in [-0.39, 0.29) is 17.9 Å². The number of likely N-dealkylation sites (N-methyl/N-ethyl adjacent to an activating group) is 1. The SMILES string of the molecule is CCC(N)C(=O)NC1CCC(=O)N(C)C1. The smallest absolute Gasteiger partial charge is 0.237 e. The van der Waals surface area contributed by atoms with Gasteiger partial charge in [0.1, 0.15) is 0 Å². The number of hydrogen-bond donors (Lipinski definition) is 2. The molecule has 5 nitrogen and oxygen atoms in total. The summed E-state index contributed by atoms with van der Waals surface area (Å²) in [7, 11) is 1.75. The molecule has 86 valence electrons. The molecule has 0 bridgehead atoms. The Morgan fingerprint density at radius 2 is 2.40 bits per heavy atom. The van der Waals surface area contributed by atoms with Gasteiger partial charge in [0.25, 0.3) is 0 Å². The molecule has 2 amide bonds. The van der Waals surface area contributed by atoms with Crippen LogP contribution >= 0.6 is 0 Å². The van der Waals surface area contributed by atoms with Crippen LogP contribution in [0.1, 0.15) is 26.2 Å². The molecule has 0 radical (unpaired) electrons. The van der Waals surface area contributed by atoms with Crippen molar-refractivity contribution in [3.05, 3.63) is 0 Å². The van der Waals surface area contributed by atoms with Gasteiger partial charge in [-0.15, -0.1) is 0 Å². The summed E-state index contributed by atoms with van der Waals surface area (Å²) in [4.78, 5) is 24.3. The number of carbonyl (C=O) groups is 2. The first-order valence-corrected chi connectivity index (χ1v) is 5.34. The number of amides is 2. The first-order chi connectivity index (χ1) is 7.04. The number of nitrogens with two attached hydrogens (primary N) is 1. The van der Waals surface area contributed by atoms with Crippen molar-refractivity contribution in [2.75, 3.05) is 13.6 Å². The summed E-state index contributed by atoms with van der Waals surface area (Å²) in [6.45, 7) is 2.46. The number of hydrogen-bond acceptors (Lipinski definition) is 3. The van der Waals surface area contributed by atoms with Crippen molar-refractivity contribution < 1.29 is 9.59 Å². The van der Waals surface area contributed by atoms with Crippen molar-refractivity contribution in [1.82, 2.24) is 10.2 Å². The molecule has 1 aliphatic rings. The molecule has 0 aliphatic carbocycles. The van der Waals surface area contributed by atoms with Crippen molar-refractivity contribution >= 4 is 11.8 Å². The second-order valence-electron chi connectivity index (χ2n) is 4.03. The average Bonchev–Trinajstić information content (AvgIpc) is 2.22. The van der Waals surface area contributed by atoms with Gasteiger partial charge in [-0.2, -0.15) is 0 Å². The van der Waals surface area contributed by atoms with Gasteiger partial charge in [-0.05, 0) is 12.8 Å². The lowest BCUT2D eigenvalue weighted by molar-refractivity contribution is -0.134. The Morgan fingerprint density at radius 1 is 1.73 bits per heavy atom. The Balaban J connectivity index is 2.40. The number of nitrogens with one attached hydrogen (secondary N) is 1. The molecule has 0 spiro atoms. The zero-order valence-corrected chi connectivity index (χ0v) is 9.32. The third-order valence-electron chi connectivity index (χ3n) is 2.75. The zero-order valence-electron chi connectivity index (χ0n) is 9.32. The molecule has 2 atom stereocenters. The van der Waals surface area contributed by atoms with Gasteiger partial charge in [0, 0.05) is 26.1 Å². The van der Waals surface area contributed by atoms with Gasteiger partial charge in [-0.3, -0.25) is 9.59 Å². The van der Waals surface area contributed by atoms with Crippen LogP contribution in [-0.4, -0.2) is 42.4 Å². The van der Waals surface area contributed by atoms with Crippen LogP contribution in [0.3, 0.4) is 0 Å². The summed E-state index contributed by atoms with van der Waals surface area (Å²) in [5.41, 5.74) is 5.60. The van der Waals surface area contributed by atoms with Crippen LogP contribution in [0.5, 0.6) is 0 Å². The van der Waals surface area contributed by atoms with Crippen LogP contribution in [-0.2, 0) is 9.59 Å². The number of carbonyl (C=O) groups excluding carboxylic acids is 2. The van der Waals surface area contributed by atoms with Crippen LogP contribution in [0.2, 0.25) is 0 Å². The van der Waals surface area contributed by atoms with E-state index in [4.69, 9.17) is 5.73 Å². The highest BCUT2D eigenvalue weighted by molar-refractivity contribution is 5.82. The first-order valence-electron chi connectivity index (χ1n) is 5.34. The van der Waals surface area contributed by atoms with E-state index in [1.165, 1.54) is 0 Å². The predicted molar refractivity (Wildman–Crippen MR) is 57.1 cm³/mol. The highest BCUT2D eigenvalue weighted by Gasteiger charge is 2.25. The molecule has 15 heavy (non-hydrogen) atoms. The van der Waals surface area contributed by atoms with Crippen LogP contribution in [0.4, 0.5) is 0 Å². The Hall–Kier alpha value is -1.10. The van der Waals surface area contributed by atoms with Gasteiger partial charge in [-0.1, -0.05) is 6.92 Å². The Labute approximate surface area is 90.0 Å². The van der Waals surface area contributed by atoms with Crippen molar-refractivity contribution in [3.8, 4) is 0 Å². The van der Waals surface area contributed by atoms with E-state index >= 15 is 0 Å². The number of piperidine rings is 1. The van der Waals surface area contributed by atoms with Crippen molar-refractivity contribution in [2.45, 2.75) is 38.3 Å². The molecule has 1 heterocycles. The van der Waals surface area contributed by atoms with Crippen molar-refractivity contribution in [3.63, 3.8) is 0 Å². The molecule has 2 unspecified atom stereocenters. The Kier molecular flexibility index (Phi) is 4.08. The van der Waals surface area contributed by atoms with Crippen LogP contribution < -0.4 is 11.1 Å². The monoisotopic (exact) mass is 213 g/mol. The Bertz CT molecular complexity index is 255. The van der Waals surface area contributed by atoms with E-state index in [0.29, 0.717) is 25.8 Å². The molecule has 1 saturated heterocycles. The quantitative estimate of drug-likeness (QED) is 0.661. The number of nitrogens with zero attached hydrogens (tertiary/aromatic N) is 1. The minimum atomic E-state index is -0.437. The van der Waals surface area contributed by atoms with Crippen molar-refractivity contribution in [1.29, 1.82) is 0 Å². The molecule has 0 aromatic heterocycles. The molecule has 0 aromatic carbocycles. The fourth-order valence-electron chi connectivity index (χ4n) is 1.62. The van der Waals surface area contributed by atoms with Gasteiger partial charge < -0.3 is 16.0 Å². The van der Waals surface area contributed by atoms with E-state index in [0.717, 1.165) is 0 Å². The molecule has 0 saturated carbocycles. The van der Waals surface area contributed by atoms with Gasteiger partial charge in [0.15, 0.2) is 0 Å². The molecular weight excluding hydrogens is 194 g/mol. The molecule has 1 rings (SSSR count). The summed E-state index contributed by atoms with van der Waals surface area (Å²) in [6.07, 6.45) is 1.85. The minimum Gasteiger partial charge on any atom is -0.350 e. The summed E-state index contributed by atoms with van der Waals surface area (Å²) < 4.78 is 0. The maximum absolute atomic E-state index is 11.5. The summed E-state index contributed by atoms with van der Waals surface area (Å²) >= 11 is 0. The van der Waals surface area contributed by atoms with Crippen LogP contribution in [0.25, 0.3) is 0 Å². The van der Waals surface area contributed by atoms with Crippen LogP contribution in [0.15, 0.2) is 0 Å². The lowest BCUT2D eigenvalue weighted by Crippen LogP contribution is -2.52. The number of rotatable bonds is 3. The minimum absolute atomic E-state index is 0.0535. The average molecular weight is 213 g/mol. The van der Waals surface area contributed by atoms with Crippen molar-refractivity contribution in [2.24, 2.45) is 5.73 Å². The normalized spacial score (nSPS) is 23.8. The molecule has 1 aliphatic heterocycles. The summed E-state index contributed by atoms with van der Waals surface area (Å²) in [5.74, 6) is 0.0190. The van der Waals surface area contributed by atoms with Gasteiger partial charge in [0.2, 0.25) is 11.8 Å². The fourth-order valence-corrected chi connectivity index (χ4v) is 1.62. The molecule has 5 heteroatoms. The summed E-state index contributed by atoms with van der Waals surface area (Å²) in [6, 6.07) is -0.384. The largest absolute Gasteiger partial charge is 0.350 e. The van der Waals surface area contributed by atoms with E-state index < -0.39 is 6.04 Å². The standard InChI is InChI=1S/C10H19N3O2/c1-3-8(11)10(15)12-7-4-5-9(14)13(2)6-7/h7-8H,3-6,11H2,1-2H3,(H,12,15). The van der Waals surface area contributed by atoms with Crippen LogP contribution in [0, 0.1) is 0 Å². The summed E-state index contributed by atoms with van der Waals surface area (Å²) in [5, 5.41) is 2.86. The highest BCUT2D eigenvalue weighted by Crippen LogP contribution is 2.09. The van der Waals surface area contributed by atoms with E-state index in [2.05, 4.69) is 5.32 Å². The van der Waals surface area contributed by atoms with E-state index in [1.807, 2.05) is 6.92 Å². The van der Waals surface area contributed by atoms with Gasteiger partial charge in [0.05, 0.1) is 6.04 Å². The third kappa shape index (κ3) is 3.20. The molecular formula is C10H19N3O2. The third-order valence-corrected chi connectivity index (χ3v) is 2.75. The molecule has 0 aromatic rings. The van der Waals surface area contributed by atoms with Gasteiger partial charge in [-0.25, -0.2) is 0 Å². The van der Waals surface area contributed by atoms with E-state index in [9.17, 15) is 9.59 Å². The zero-order chi connectivity index (χ0) is 11.4. The first kappa shape index (κ1) is 12.0. The maximum atomic E-state index is 11.5. The van der Waals surface area contributed by atoms with E-state index in [1.54, 1.807) is 11.9 Å².